The van der Waals surface area contributed by atoms with Gasteiger partial charge in [-0.15, -0.1) is 0 Å². The van der Waals surface area contributed by atoms with Crippen LogP contribution in [-0.4, -0.2) is 19.6 Å². The van der Waals surface area contributed by atoms with Crippen molar-refractivity contribution in [1.82, 2.24) is 5.32 Å². The Hall–Kier alpha value is -1.16. The number of hydrogen-bond donors (Lipinski definition) is 1. The molecule has 1 aromatic carbocycles. The van der Waals surface area contributed by atoms with Crippen molar-refractivity contribution in [3.63, 3.8) is 0 Å². The molecule has 1 N–H and O–H groups in total. The number of unbranched alkanes of at least 4 members (excludes halogenated alkanes) is 1. The van der Waals surface area contributed by atoms with Crippen LogP contribution in [0.5, 0.6) is 0 Å². The molecule has 0 saturated carbocycles. The lowest BCUT2D eigenvalue weighted by Crippen LogP contribution is -2.35. The fraction of sp³-hybridized carbons (Fsp3) is 0.625. The van der Waals surface area contributed by atoms with E-state index >= 15 is 0 Å². The number of nitrogens with zero attached hydrogens (tertiary/aromatic N) is 1. The predicted octanol–water partition coefficient (Wildman–Crippen LogP) is 4.09. The molecule has 0 bridgehead atoms. The first-order valence-corrected chi connectivity index (χ1v) is 7.44. The zero-order valence-electron chi connectivity index (χ0n) is 13.0. The van der Waals surface area contributed by atoms with Crippen LogP contribution in [0.15, 0.2) is 12.1 Å². The molecule has 0 aliphatic heterocycles. The minimum absolute atomic E-state index is 0.118. The minimum atomic E-state index is -0.466. The molecule has 0 heterocycles. The van der Waals surface area contributed by atoms with Crippen LogP contribution in [0, 0.1) is 11.6 Å². The van der Waals surface area contributed by atoms with Gasteiger partial charge in [-0.3, -0.25) is 0 Å². The van der Waals surface area contributed by atoms with Gasteiger partial charge in [-0.25, -0.2) is 8.78 Å². The smallest absolute Gasteiger partial charge is 0.149 e. The third kappa shape index (κ3) is 4.17. The maximum Gasteiger partial charge on any atom is 0.149 e. The third-order valence-electron chi connectivity index (χ3n) is 3.62. The van der Waals surface area contributed by atoms with Gasteiger partial charge >= 0.3 is 0 Å². The lowest BCUT2D eigenvalue weighted by atomic mass is 10.1. The maximum atomic E-state index is 14.3. The highest BCUT2D eigenvalue weighted by atomic mass is 19.1. The lowest BCUT2D eigenvalue weighted by molar-refractivity contribution is 0.530. The molecular weight excluding hydrogens is 258 g/mol. The topological polar surface area (TPSA) is 15.3 Å². The van der Waals surface area contributed by atoms with E-state index in [1.807, 2.05) is 18.7 Å². The van der Waals surface area contributed by atoms with E-state index in [4.69, 9.17) is 0 Å². The third-order valence-corrected chi connectivity index (χ3v) is 3.62. The molecule has 1 rings (SSSR count). The van der Waals surface area contributed by atoms with E-state index in [1.165, 1.54) is 12.1 Å². The Balaban J connectivity index is 3.12. The maximum absolute atomic E-state index is 14.3. The fourth-order valence-corrected chi connectivity index (χ4v) is 2.30. The summed E-state index contributed by atoms with van der Waals surface area (Å²) in [7, 11) is 1.76. The normalized spacial score (nSPS) is 12.5. The van der Waals surface area contributed by atoms with E-state index < -0.39 is 11.6 Å². The van der Waals surface area contributed by atoms with Crippen LogP contribution in [0.3, 0.4) is 0 Å². The SMILES string of the molecule is CCCCN(c1c(F)cc(CNC)cc1F)C(C)CC. The van der Waals surface area contributed by atoms with E-state index in [9.17, 15) is 8.78 Å². The molecule has 0 amide bonds. The number of benzene rings is 1. The highest BCUT2D eigenvalue weighted by molar-refractivity contribution is 5.51. The molecule has 0 aromatic heterocycles. The van der Waals surface area contributed by atoms with Gasteiger partial charge in [0, 0.05) is 19.1 Å². The number of hydrogen-bond acceptors (Lipinski definition) is 2. The molecule has 0 aliphatic rings. The summed E-state index contributed by atoms with van der Waals surface area (Å²) in [5, 5.41) is 2.91. The number of anilines is 1. The molecule has 20 heavy (non-hydrogen) atoms. The van der Waals surface area contributed by atoms with Crippen molar-refractivity contribution in [1.29, 1.82) is 0 Å². The molecule has 4 heteroatoms. The van der Waals surface area contributed by atoms with Gasteiger partial charge in [-0.1, -0.05) is 20.3 Å². The first kappa shape index (κ1) is 16.9. The van der Waals surface area contributed by atoms with Crippen molar-refractivity contribution >= 4 is 5.69 Å². The highest BCUT2D eigenvalue weighted by Gasteiger charge is 2.21. The highest BCUT2D eigenvalue weighted by Crippen LogP contribution is 2.28. The van der Waals surface area contributed by atoms with E-state index in [2.05, 4.69) is 12.2 Å². The second kappa shape index (κ2) is 8.20. The Morgan fingerprint density at radius 2 is 1.80 bits per heavy atom. The average molecular weight is 284 g/mol. The Bertz CT molecular complexity index is 398. The van der Waals surface area contributed by atoms with Crippen LogP contribution in [0.1, 0.15) is 45.6 Å². The summed E-state index contributed by atoms with van der Waals surface area (Å²) in [6.07, 6.45) is 2.80. The molecule has 114 valence electrons. The minimum Gasteiger partial charge on any atom is -0.364 e. The van der Waals surface area contributed by atoms with Crippen molar-refractivity contribution in [2.75, 3.05) is 18.5 Å². The average Bonchev–Trinajstić information content (AvgIpc) is 2.41. The van der Waals surface area contributed by atoms with Crippen LogP contribution in [-0.2, 0) is 6.54 Å². The summed E-state index contributed by atoms with van der Waals surface area (Å²) in [4.78, 5) is 1.86. The van der Waals surface area contributed by atoms with Crippen LogP contribution < -0.4 is 10.2 Å². The van der Waals surface area contributed by atoms with Gasteiger partial charge in [-0.2, -0.15) is 0 Å². The van der Waals surface area contributed by atoms with E-state index in [-0.39, 0.29) is 11.7 Å². The van der Waals surface area contributed by atoms with Crippen molar-refractivity contribution in [3.8, 4) is 0 Å². The van der Waals surface area contributed by atoms with Gasteiger partial charge in [0.1, 0.15) is 17.3 Å². The van der Waals surface area contributed by atoms with Crippen molar-refractivity contribution in [3.05, 3.63) is 29.3 Å². The van der Waals surface area contributed by atoms with Crippen molar-refractivity contribution < 1.29 is 8.78 Å². The summed E-state index contributed by atoms with van der Waals surface area (Å²) >= 11 is 0. The Morgan fingerprint density at radius 1 is 1.20 bits per heavy atom. The summed E-state index contributed by atoms with van der Waals surface area (Å²) < 4.78 is 28.6. The van der Waals surface area contributed by atoms with Crippen LogP contribution in [0.2, 0.25) is 0 Å². The first-order chi connectivity index (χ1) is 9.54. The van der Waals surface area contributed by atoms with E-state index in [0.717, 1.165) is 19.3 Å². The van der Waals surface area contributed by atoms with Crippen LogP contribution in [0.25, 0.3) is 0 Å². The molecule has 1 aromatic rings. The molecule has 0 fully saturated rings. The lowest BCUT2D eigenvalue weighted by Gasteiger charge is -2.31. The fourth-order valence-electron chi connectivity index (χ4n) is 2.30. The van der Waals surface area contributed by atoms with Gasteiger partial charge in [0.25, 0.3) is 0 Å². The summed E-state index contributed by atoms with van der Waals surface area (Å²) in [5.74, 6) is -0.932. The summed E-state index contributed by atoms with van der Waals surface area (Å²) in [6.45, 7) is 7.28. The number of nitrogens with one attached hydrogen (secondary N) is 1. The second-order valence-electron chi connectivity index (χ2n) is 5.24. The molecule has 1 atom stereocenters. The number of halogens is 2. The van der Waals surface area contributed by atoms with Crippen LogP contribution >= 0.6 is 0 Å². The molecular formula is C16H26F2N2. The van der Waals surface area contributed by atoms with Gasteiger partial charge in [0.2, 0.25) is 0 Å². The van der Waals surface area contributed by atoms with Gasteiger partial charge < -0.3 is 10.2 Å². The Kier molecular flexibility index (Phi) is 6.93. The molecule has 2 nitrogen and oxygen atoms in total. The summed E-state index contributed by atoms with van der Waals surface area (Å²) in [5.41, 5.74) is 0.749. The standard InChI is InChI=1S/C16H26F2N2/c1-5-7-8-20(12(3)6-2)16-14(17)9-13(11-19-4)10-15(16)18/h9-10,12,19H,5-8,11H2,1-4H3. The monoisotopic (exact) mass is 284 g/mol. The molecule has 0 radical (unpaired) electrons. The van der Waals surface area contributed by atoms with Gasteiger partial charge in [-0.05, 0) is 44.5 Å². The quantitative estimate of drug-likeness (QED) is 0.773. The molecule has 0 saturated heterocycles. The molecule has 0 spiro atoms. The van der Waals surface area contributed by atoms with E-state index in [0.29, 0.717) is 18.7 Å². The van der Waals surface area contributed by atoms with Crippen molar-refractivity contribution in [2.24, 2.45) is 0 Å². The van der Waals surface area contributed by atoms with E-state index in [1.54, 1.807) is 7.05 Å². The predicted molar refractivity (Wildman–Crippen MR) is 81.1 cm³/mol. The zero-order chi connectivity index (χ0) is 15.1. The van der Waals surface area contributed by atoms with Gasteiger partial charge in [0.05, 0.1) is 0 Å². The molecule has 1 unspecified atom stereocenters. The second-order valence-corrected chi connectivity index (χ2v) is 5.24. The molecule has 0 aliphatic carbocycles. The van der Waals surface area contributed by atoms with Gasteiger partial charge in [0.15, 0.2) is 0 Å². The summed E-state index contributed by atoms with van der Waals surface area (Å²) in [6, 6.07) is 2.98. The first-order valence-electron chi connectivity index (χ1n) is 7.44. The zero-order valence-corrected chi connectivity index (χ0v) is 13.0. The van der Waals surface area contributed by atoms with Crippen LogP contribution in [0.4, 0.5) is 14.5 Å². The Labute approximate surface area is 121 Å². The largest absolute Gasteiger partial charge is 0.364 e. The van der Waals surface area contributed by atoms with Crippen molar-refractivity contribution in [2.45, 2.75) is 52.6 Å². The Morgan fingerprint density at radius 3 is 2.25 bits per heavy atom. The number of rotatable bonds is 8.